The monoisotopic (exact) mass is 318 g/mol. The Morgan fingerprint density at radius 1 is 1.27 bits per heavy atom. The first kappa shape index (κ1) is 16.2. The highest BCUT2D eigenvalue weighted by molar-refractivity contribution is 6.30. The molecule has 0 aliphatic heterocycles. The topological polar surface area (TPSA) is 66.9 Å². The van der Waals surface area contributed by atoms with E-state index in [1.165, 1.54) is 6.33 Å². The number of halogens is 1. The minimum atomic E-state index is -0.212. The van der Waals surface area contributed by atoms with Crippen molar-refractivity contribution in [1.82, 2.24) is 15.3 Å². The van der Waals surface area contributed by atoms with Crippen molar-refractivity contribution < 1.29 is 4.79 Å². The second-order valence-electron chi connectivity index (χ2n) is 5.22. The minimum Gasteiger partial charge on any atom is -0.368 e. The molecule has 0 bridgehead atoms. The highest BCUT2D eigenvalue weighted by atomic mass is 35.5. The van der Waals surface area contributed by atoms with Crippen molar-refractivity contribution in [1.29, 1.82) is 0 Å². The smallest absolute Gasteiger partial charge is 0.270 e. The van der Waals surface area contributed by atoms with Crippen molar-refractivity contribution in [2.45, 2.75) is 26.3 Å². The van der Waals surface area contributed by atoms with Crippen LogP contribution >= 0.6 is 11.6 Å². The van der Waals surface area contributed by atoms with Gasteiger partial charge in [0.15, 0.2) is 0 Å². The lowest BCUT2D eigenvalue weighted by atomic mass is 10.1. The van der Waals surface area contributed by atoms with Crippen LogP contribution in [0.15, 0.2) is 36.7 Å². The van der Waals surface area contributed by atoms with Crippen LogP contribution in [0.2, 0.25) is 5.02 Å². The summed E-state index contributed by atoms with van der Waals surface area (Å²) < 4.78 is 0. The Morgan fingerprint density at radius 3 is 2.82 bits per heavy atom. The predicted molar refractivity (Wildman–Crippen MR) is 88.3 cm³/mol. The zero-order valence-corrected chi connectivity index (χ0v) is 13.4. The standard InChI is InChI=1S/C16H19ClN4O/c1-11(2)21-15-9-14(19-10-20-15)16(22)18-7-6-12-4-3-5-13(17)8-12/h3-5,8-11H,6-7H2,1-2H3,(H,18,22)(H,19,20,21). The number of amides is 1. The molecule has 0 radical (unpaired) electrons. The number of aromatic nitrogens is 2. The Labute approximate surface area is 135 Å². The molecule has 0 aliphatic carbocycles. The number of carbonyl (C=O) groups is 1. The lowest BCUT2D eigenvalue weighted by Crippen LogP contribution is -2.27. The first-order chi connectivity index (χ1) is 10.5. The third kappa shape index (κ3) is 5.00. The van der Waals surface area contributed by atoms with Crippen LogP contribution in [0.4, 0.5) is 5.82 Å². The molecule has 116 valence electrons. The first-order valence-electron chi connectivity index (χ1n) is 7.16. The Kier molecular flexibility index (Phi) is 5.72. The van der Waals surface area contributed by atoms with Crippen LogP contribution in [0.1, 0.15) is 29.9 Å². The van der Waals surface area contributed by atoms with Gasteiger partial charge in [-0.2, -0.15) is 0 Å². The van der Waals surface area contributed by atoms with Crippen LogP contribution < -0.4 is 10.6 Å². The quantitative estimate of drug-likeness (QED) is 0.859. The molecule has 0 saturated carbocycles. The lowest BCUT2D eigenvalue weighted by Gasteiger charge is -2.10. The van der Waals surface area contributed by atoms with E-state index in [2.05, 4.69) is 20.6 Å². The molecule has 0 atom stereocenters. The van der Waals surface area contributed by atoms with Crippen LogP contribution in [-0.2, 0) is 6.42 Å². The number of carbonyl (C=O) groups excluding carboxylic acids is 1. The summed E-state index contributed by atoms with van der Waals surface area (Å²) in [6.07, 6.45) is 2.10. The second-order valence-corrected chi connectivity index (χ2v) is 5.66. The van der Waals surface area contributed by atoms with E-state index in [1.807, 2.05) is 38.1 Å². The molecule has 0 fully saturated rings. The first-order valence-corrected chi connectivity index (χ1v) is 7.53. The summed E-state index contributed by atoms with van der Waals surface area (Å²) in [7, 11) is 0. The van der Waals surface area contributed by atoms with E-state index in [1.54, 1.807) is 6.07 Å². The van der Waals surface area contributed by atoms with Gasteiger partial charge >= 0.3 is 0 Å². The van der Waals surface area contributed by atoms with Crippen LogP contribution in [0.5, 0.6) is 0 Å². The number of rotatable bonds is 6. The van der Waals surface area contributed by atoms with Crippen molar-refractivity contribution in [3.8, 4) is 0 Å². The number of nitrogens with one attached hydrogen (secondary N) is 2. The van der Waals surface area contributed by atoms with Crippen molar-refractivity contribution in [3.63, 3.8) is 0 Å². The average molecular weight is 319 g/mol. The summed E-state index contributed by atoms with van der Waals surface area (Å²) in [5.74, 6) is 0.432. The van der Waals surface area contributed by atoms with Crippen LogP contribution in [0.25, 0.3) is 0 Å². The third-order valence-corrected chi connectivity index (χ3v) is 3.16. The van der Waals surface area contributed by atoms with E-state index in [4.69, 9.17) is 11.6 Å². The van der Waals surface area contributed by atoms with Gasteiger partial charge in [-0.1, -0.05) is 23.7 Å². The van der Waals surface area contributed by atoms with Gasteiger partial charge in [-0.15, -0.1) is 0 Å². The van der Waals surface area contributed by atoms with E-state index in [0.717, 1.165) is 5.56 Å². The van der Waals surface area contributed by atoms with E-state index in [-0.39, 0.29) is 11.9 Å². The maximum Gasteiger partial charge on any atom is 0.270 e. The zero-order valence-electron chi connectivity index (χ0n) is 12.6. The third-order valence-electron chi connectivity index (χ3n) is 2.92. The number of hydrogen-bond acceptors (Lipinski definition) is 4. The molecule has 2 rings (SSSR count). The molecule has 0 aliphatic rings. The maximum absolute atomic E-state index is 12.1. The van der Waals surface area contributed by atoms with Gasteiger partial charge in [-0.3, -0.25) is 4.79 Å². The molecular weight excluding hydrogens is 300 g/mol. The van der Waals surface area contributed by atoms with Gasteiger partial charge in [0.2, 0.25) is 0 Å². The fourth-order valence-corrected chi connectivity index (χ4v) is 2.17. The lowest BCUT2D eigenvalue weighted by molar-refractivity contribution is 0.0949. The van der Waals surface area contributed by atoms with Crippen molar-refractivity contribution in [2.24, 2.45) is 0 Å². The summed E-state index contributed by atoms with van der Waals surface area (Å²) in [6, 6.07) is 9.49. The Hall–Kier alpha value is -2.14. The van der Waals surface area contributed by atoms with Gasteiger partial charge in [0.1, 0.15) is 17.8 Å². The summed E-state index contributed by atoms with van der Waals surface area (Å²) in [5.41, 5.74) is 1.43. The molecule has 0 spiro atoms. The maximum atomic E-state index is 12.1. The van der Waals surface area contributed by atoms with Gasteiger partial charge in [-0.25, -0.2) is 9.97 Å². The van der Waals surface area contributed by atoms with Crippen LogP contribution in [0.3, 0.4) is 0 Å². The fourth-order valence-electron chi connectivity index (χ4n) is 1.96. The van der Waals surface area contributed by atoms with Gasteiger partial charge < -0.3 is 10.6 Å². The molecule has 1 heterocycles. The highest BCUT2D eigenvalue weighted by Crippen LogP contribution is 2.11. The van der Waals surface area contributed by atoms with Gasteiger partial charge in [-0.05, 0) is 38.0 Å². The Morgan fingerprint density at radius 2 is 2.09 bits per heavy atom. The van der Waals surface area contributed by atoms with Crippen molar-refractivity contribution in [2.75, 3.05) is 11.9 Å². The predicted octanol–water partition coefficient (Wildman–Crippen LogP) is 2.92. The summed E-state index contributed by atoms with van der Waals surface area (Å²) in [6.45, 7) is 4.54. The van der Waals surface area contributed by atoms with Crippen molar-refractivity contribution in [3.05, 3.63) is 52.9 Å². The molecule has 2 N–H and O–H groups in total. The number of hydrogen-bond donors (Lipinski definition) is 2. The fraction of sp³-hybridized carbons (Fsp3) is 0.312. The molecular formula is C16H19ClN4O. The molecule has 1 amide bonds. The second kappa shape index (κ2) is 7.75. The zero-order chi connectivity index (χ0) is 15.9. The highest BCUT2D eigenvalue weighted by Gasteiger charge is 2.08. The molecule has 6 heteroatoms. The van der Waals surface area contributed by atoms with Gasteiger partial charge in [0.05, 0.1) is 0 Å². The number of nitrogens with zero attached hydrogens (tertiary/aromatic N) is 2. The van der Waals surface area contributed by atoms with E-state index in [9.17, 15) is 4.79 Å². The minimum absolute atomic E-state index is 0.212. The van der Waals surface area contributed by atoms with E-state index < -0.39 is 0 Å². The van der Waals surface area contributed by atoms with Crippen molar-refractivity contribution >= 4 is 23.3 Å². The summed E-state index contributed by atoms with van der Waals surface area (Å²) >= 11 is 5.93. The SMILES string of the molecule is CC(C)Nc1cc(C(=O)NCCc2cccc(Cl)c2)ncn1. The van der Waals surface area contributed by atoms with Crippen LogP contribution in [0, 0.1) is 0 Å². The number of benzene rings is 1. The van der Waals surface area contributed by atoms with Gasteiger partial charge in [0.25, 0.3) is 5.91 Å². The average Bonchev–Trinajstić information content (AvgIpc) is 2.47. The molecule has 22 heavy (non-hydrogen) atoms. The molecule has 0 unspecified atom stereocenters. The summed E-state index contributed by atoms with van der Waals surface area (Å²) in [4.78, 5) is 20.2. The summed E-state index contributed by atoms with van der Waals surface area (Å²) in [5, 5.41) is 6.69. The molecule has 5 nitrogen and oxygen atoms in total. The molecule has 1 aromatic carbocycles. The number of anilines is 1. The van der Waals surface area contributed by atoms with E-state index >= 15 is 0 Å². The molecule has 0 saturated heterocycles. The normalized spacial score (nSPS) is 10.5. The van der Waals surface area contributed by atoms with Crippen LogP contribution in [-0.4, -0.2) is 28.5 Å². The largest absolute Gasteiger partial charge is 0.368 e. The molecule has 1 aromatic heterocycles. The Bertz CT molecular complexity index is 646. The van der Waals surface area contributed by atoms with Gasteiger partial charge in [0, 0.05) is 23.7 Å². The van der Waals surface area contributed by atoms with E-state index in [0.29, 0.717) is 29.5 Å². The molecule has 2 aromatic rings. The Balaban J connectivity index is 1.89.